The molecule has 2 N–H and O–H groups in total. The fraction of sp³-hybridized carbons (Fsp3) is 0.444. The predicted octanol–water partition coefficient (Wildman–Crippen LogP) is 2.89. The maximum atomic E-state index is 10.4. The first-order chi connectivity index (χ1) is 11.5. The summed E-state index contributed by atoms with van der Waals surface area (Å²) in [6.45, 7) is 7.86. The summed E-state index contributed by atoms with van der Waals surface area (Å²) < 4.78 is 0. The van der Waals surface area contributed by atoms with E-state index in [0.717, 1.165) is 34.3 Å². The number of guanidine groups is 1. The highest BCUT2D eigenvalue weighted by atomic mass is 32.1. The van der Waals surface area contributed by atoms with Crippen molar-refractivity contribution in [2.24, 2.45) is 4.99 Å². The van der Waals surface area contributed by atoms with Crippen molar-refractivity contribution < 1.29 is 5.11 Å². The molecule has 6 heteroatoms. The average Bonchev–Trinajstić information content (AvgIpc) is 2.96. The summed E-state index contributed by atoms with van der Waals surface area (Å²) in [6, 6.07) is 7.91. The van der Waals surface area contributed by atoms with Gasteiger partial charge in [-0.15, -0.1) is 11.3 Å². The molecule has 2 aromatic rings. The van der Waals surface area contributed by atoms with Gasteiger partial charge < -0.3 is 15.3 Å². The summed E-state index contributed by atoms with van der Waals surface area (Å²) in [5, 5.41) is 16.8. The zero-order chi connectivity index (χ0) is 17.5. The van der Waals surface area contributed by atoms with Gasteiger partial charge in [0.25, 0.3) is 0 Å². The largest absolute Gasteiger partial charge is 0.386 e. The molecule has 0 bridgehead atoms. The zero-order valence-electron chi connectivity index (χ0n) is 14.8. The van der Waals surface area contributed by atoms with Gasteiger partial charge >= 0.3 is 0 Å². The molecular formula is C18H26N4OS. The molecule has 24 heavy (non-hydrogen) atoms. The molecule has 0 spiro atoms. The Labute approximate surface area is 148 Å². The number of nitrogens with one attached hydrogen (secondary N) is 1. The van der Waals surface area contributed by atoms with Gasteiger partial charge in [-0.3, -0.25) is 4.99 Å². The van der Waals surface area contributed by atoms with E-state index in [4.69, 9.17) is 0 Å². The Balaban J connectivity index is 2.03. The van der Waals surface area contributed by atoms with Crippen molar-refractivity contribution >= 4 is 17.3 Å². The number of aromatic nitrogens is 1. The van der Waals surface area contributed by atoms with Gasteiger partial charge in [-0.25, -0.2) is 4.98 Å². The number of hydrogen-bond donors (Lipinski definition) is 2. The number of aliphatic imine (C=N–C) groups is 1. The third-order valence-electron chi connectivity index (χ3n) is 3.60. The van der Waals surface area contributed by atoms with Crippen molar-refractivity contribution in [3.8, 4) is 0 Å². The molecule has 0 amide bonds. The van der Waals surface area contributed by atoms with Crippen LogP contribution in [0, 0.1) is 13.8 Å². The molecule has 0 saturated carbocycles. The monoisotopic (exact) mass is 346 g/mol. The second kappa shape index (κ2) is 8.80. The van der Waals surface area contributed by atoms with Crippen molar-refractivity contribution in [3.63, 3.8) is 0 Å². The Morgan fingerprint density at radius 3 is 2.83 bits per heavy atom. The summed E-state index contributed by atoms with van der Waals surface area (Å²) >= 11 is 1.65. The minimum Gasteiger partial charge on any atom is -0.386 e. The molecule has 130 valence electrons. The number of rotatable bonds is 6. The molecular weight excluding hydrogens is 320 g/mol. The maximum Gasteiger partial charge on any atom is 0.194 e. The molecule has 1 aromatic carbocycles. The van der Waals surface area contributed by atoms with Crippen LogP contribution in [-0.4, -0.2) is 41.1 Å². The minimum absolute atomic E-state index is 0.326. The number of aliphatic hydroxyl groups is 1. The third kappa shape index (κ3) is 5.32. The van der Waals surface area contributed by atoms with Crippen LogP contribution in [0.15, 0.2) is 34.6 Å². The van der Waals surface area contributed by atoms with Gasteiger partial charge in [-0.2, -0.15) is 0 Å². The highest BCUT2D eigenvalue weighted by molar-refractivity contribution is 7.09. The summed E-state index contributed by atoms with van der Waals surface area (Å²) in [7, 11) is 1.98. The van der Waals surface area contributed by atoms with Crippen LogP contribution in [0.1, 0.15) is 34.9 Å². The van der Waals surface area contributed by atoms with Gasteiger partial charge in [0.15, 0.2) is 5.96 Å². The lowest BCUT2D eigenvalue weighted by Gasteiger charge is -2.21. The second-order valence-electron chi connectivity index (χ2n) is 5.84. The Morgan fingerprint density at radius 2 is 2.21 bits per heavy atom. The van der Waals surface area contributed by atoms with Crippen LogP contribution in [0.25, 0.3) is 0 Å². The fourth-order valence-corrected chi connectivity index (χ4v) is 3.03. The molecule has 1 aromatic heterocycles. The highest BCUT2D eigenvalue weighted by Crippen LogP contribution is 2.15. The maximum absolute atomic E-state index is 10.4. The molecule has 0 radical (unpaired) electrons. The summed E-state index contributed by atoms with van der Waals surface area (Å²) in [4.78, 5) is 11.1. The van der Waals surface area contributed by atoms with E-state index in [1.165, 1.54) is 0 Å². The summed E-state index contributed by atoms with van der Waals surface area (Å²) in [5.74, 6) is 0.773. The van der Waals surface area contributed by atoms with Gasteiger partial charge in [0.05, 0.1) is 29.9 Å². The molecule has 1 unspecified atom stereocenters. The third-order valence-corrected chi connectivity index (χ3v) is 4.43. The van der Waals surface area contributed by atoms with E-state index in [9.17, 15) is 5.11 Å². The van der Waals surface area contributed by atoms with Gasteiger partial charge in [0.2, 0.25) is 0 Å². The van der Waals surface area contributed by atoms with Crippen LogP contribution in [0.5, 0.6) is 0 Å². The lowest BCUT2D eigenvalue weighted by atomic mass is 10.1. The SMILES string of the molecule is CCNC(=NCC(O)c1cccc(C)c1)N(C)Cc1csc(C)n1. The molecule has 0 aliphatic heterocycles. The first kappa shape index (κ1) is 18.4. The first-order valence-corrected chi connectivity index (χ1v) is 9.02. The van der Waals surface area contributed by atoms with Gasteiger partial charge in [0, 0.05) is 19.0 Å². The Bertz CT molecular complexity index is 683. The minimum atomic E-state index is -0.603. The zero-order valence-corrected chi connectivity index (χ0v) is 15.6. The fourth-order valence-electron chi connectivity index (χ4n) is 2.42. The van der Waals surface area contributed by atoms with E-state index in [0.29, 0.717) is 13.1 Å². The standard InChI is InChI=1S/C18H26N4OS/c1-5-19-18(22(4)11-16-12-24-14(3)21-16)20-10-17(23)15-8-6-7-13(2)9-15/h6-9,12,17,23H,5,10-11H2,1-4H3,(H,19,20). The number of aliphatic hydroxyl groups excluding tert-OH is 1. The summed E-state index contributed by atoms with van der Waals surface area (Å²) in [5.41, 5.74) is 3.07. The van der Waals surface area contributed by atoms with Gasteiger partial charge in [-0.1, -0.05) is 29.8 Å². The smallest absolute Gasteiger partial charge is 0.194 e. The second-order valence-corrected chi connectivity index (χ2v) is 6.90. The van der Waals surface area contributed by atoms with E-state index in [2.05, 4.69) is 20.7 Å². The van der Waals surface area contributed by atoms with E-state index < -0.39 is 6.10 Å². The topological polar surface area (TPSA) is 60.8 Å². The van der Waals surface area contributed by atoms with Crippen molar-refractivity contribution in [1.82, 2.24) is 15.2 Å². The van der Waals surface area contributed by atoms with Crippen LogP contribution in [0.4, 0.5) is 0 Å². The Kier molecular flexibility index (Phi) is 6.75. The molecule has 0 fully saturated rings. The Hall–Kier alpha value is -1.92. The highest BCUT2D eigenvalue weighted by Gasteiger charge is 2.11. The van der Waals surface area contributed by atoms with Crippen molar-refractivity contribution in [3.05, 3.63) is 51.5 Å². The first-order valence-electron chi connectivity index (χ1n) is 8.14. The van der Waals surface area contributed by atoms with Gasteiger partial charge in [0.1, 0.15) is 0 Å². The molecule has 0 aliphatic carbocycles. The van der Waals surface area contributed by atoms with Crippen LogP contribution < -0.4 is 5.32 Å². The molecule has 1 heterocycles. The number of nitrogens with zero attached hydrogens (tertiary/aromatic N) is 3. The Morgan fingerprint density at radius 1 is 1.42 bits per heavy atom. The molecule has 0 saturated heterocycles. The van der Waals surface area contributed by atoms with Crippen LogP contribution in [0.3, 0.4) is 0 Å². The van der Waals surface area contributed by atoms with Gasteiger partial charge in [-0.05, 0) is 26.3 Å². The quantitative estimate of drug-likeness (QED) is 0.624. The molecule has 0 aliphatic rings. The van der Waals surface area contributed by atoms with Crippen LogP contribution in [-0.2, 0) is 6.54 Å². The lowest BCUT2D eigenvalue weighted by Crippen LogP contribution is -2.38. The normalized spacial score (nSPS) is 13.0. The summed E-state index contributed by atoms with van der Waals surface area (Å²) in [6.07, 6.45) is -0.603. The number of benzene rings is 1. The van der Waals surface area contributed by atoms with E-state index in [1.54, 1.807) is 11.3 Å². The van der Waals surface area contributed by atoms with Crippen LogP contribution >= 0.6 is 11.3 Å². The molecule has 2 rings (SSSR count). The number of aryl methyl sites for hydroxylation is 2. The van der Waals surface area contributed by atoms with E-state index in [1.807, 2.05) is 57.0 Å². The molecule has 5 nitrogen and oxygen atoms in total. The van der Waals surface area contributed by atoms with Crippen molar-refractivity contribution in [1.29, 1.82) is 0 Å². The predicted molar refractivity (Wildman–Crippen MR) is 100 cm³/mol. The molecule has 1 atom stereocenters. The lowest BCUT2D eigenvalue weighted by molar-refractivity contribution is 0.186. The van der Waals surface area contributed by atoms with E-state index >= 15 is 0 Å². The number of thiazole rings is 1. The van der Waals surface area contributed by atoms with E-state index in [-0.39, 0.29) is 0 Å². The van der Waals surface area contributed by atoms with Crippen molar-refractivity contribution in [2.75, 3.05) is 20.1 Å². The van der Waals surface area contributed by atoms with Crippen molar-refractivity contribution in [2.45, 2.75) is 33.4 Å². The average molecular weight is 347 g/mol. The number of hydrogen-bond acceptors (Lipinski definition) is 4. The van der Waals surface area contributed by atoms with Crippen LogP contribution in [0.2, 0.25) is 0 Å².